The van der Waals surface area contributed by atoms with E-state index >= 15 is 0 Å². The Kier molecular flexibility index (Phi) is 5.01. The van der Waals surface area contributed by atoms with Gasteiger partial charge in [-0.25, -0.2) is 0 Å². The van der Waals surface area contributed by atoms with Gasteiger partial charge in [0, 0.05) is 38.8 Å². The third-order valence-corrected chi connectivity index (χ3v) is 4.34. The van der Waals surface area contributed by atoms with Crippen molar-refractivity contribution in [1.82, 2.24) is 4.90 Å². The molecule has 2 saturated heterocycles. The zero-order chi connectivity index (χ0) is 14.5. The zero-order valence-electron chi connectivity index (χ0n) is 12.4. The number of hydrogen-bond acceptors (Lipinski definition) is 4. The van der Waals surface area contributed by atoms with Crippen molar-refractivity contribution < 1.29 is 14.3 Å². The summed E-state index contributed by atoms with van der Waals surface area (Å²) in [6.07, 6.45) is 1.43. The van der Waals surface area contributed by atoms with Gasteiger partial charge in [0.1, 0.15) is 6.10 Å². The monoisotopic (exact) mass is 289 g/mol. The van der Waals surface area contributed by atoms with Gasteiger partial charge in [-0.15, -0.1) is 0 Å². The number of ether oxygens (including phenoxy) is 2. The molecule has 0 saturated carbocycles. The molecule has 3 rings (SSSR count). The SMILES string of the molecule is O=C(C1CCOCC1)[C@@H]1CN(Cc2ccccc2)CCO1. The maximum Gasteiger partial charge on any atom is 0.166 e. The van der Waals surface area contributed by atoms with Crippen LogP contribution in [0.15, 0.2) is 30.3 Å². The molecule has 1 aromatic carbocycles. The largest absolute Gasteiger partial charge is 0.381 e. The number of hydrogen-bond donors (Lipinski definition) is 0. The molecule has 2 aliphatic rings. The molecule has 2 fully saturated rings. The van der Waals surface area contributed by atoms with Crippen molar-refractivity contribution in [3.63, 3.8) is 0 Å². The van der Waals surface area contributed by atoms with Crippen molar-refractivity contribution in [2.75, 3.05) is 32.9 Å². The molecule has 0 amide bonds. The van der Waals surface area contributed by atoms with Gasteiger partial charge in [0.2, 0.25) is 0 Å². The molecule has 4 heteroatoms. The average Bonchev–Trinajstić information content (AvgIpc) is 2.56. The lowest BCUT2D eigenvalue weighted by molar-refractivity contribution is -0.143. The normalized spacial score (nSPS) is 24.9. The quantitative estimate of drug-likeness (QED) is 0.848. The van der Waals surface area contributed by atoms with Gasteiger partial charge >= 0.3 is 0 Å². The number of rotatable bonds is 4. The van der Waals surface area contributed by atoms with Crippen molar-refractivity contribution in [3.05, 3.63) is 35.9 Å². The highest BCUT2D eigenvalue weighted by Gasteiger charge is 2.32. The molecule has 114 valence electrons. The summed E-state index contributed by atoms with van der Waals surface area (Å²) in [5.41, 5.74) is 1.29. The summed E-state index contributed by atoms with van der Waals surface area (Å²) in [6.45, 7) is 4.56. The molecule has 1 atom stereocenters. The molecular formula is C17H23NO3. The van der Waals surface area contributed by atoms with Crippen LogP contribution in [0, 0.1) is 5.92 Å². The summed E-state index contributed by atoms with van der Waals surface area (Å²) in [5.74, 6) is 0.400. The van der Waals surface area contributed by atoms with Crippen LogP contribution in [0.4, 0.5) is 0 Å². The molecule has 0 radical (unpaired) electrons. The van der Waals surface area contributed by atoms with Crippen molar-refractivity contribution in [2.45, 2.75) is 25.5 Å². The summed E-state index contributed by atoms with van der Waals surface area (Å²) in [5, 5.41) is 0. The number of carbonyl (C=O) groups is 1. The number of carbonyl (C=O) groups excluding carboxylic acids is 1. The van der Waals surface area contributed by atoms with Crippen LogP contribution in [0.5, 0.6) is 0 Å². The number of Topliss-reactive ketones (excluding diaryl/α,β-unsaturated/α-hetero) is 1. The summed E-state index contributed by atoms with van der Waals surface area (Å²) >= 11 is 0. The predicted molar refractivity (Wildman–Crippen MR) is 80.0 cm³/mol. The van der Waals surface area contributed by atoms with E-state index in [9.17, 15) is 4.79 Å². The zero-order valence-corrected chi connectivity index (χ0v) is 12.4. The molecule has 0 N–H and O–H groups in total. The molecule has 1 aromatic rings. The minimum atomic E-state index is -0.259. The second-order valence-corrected chi connectivity index (χ2v) is 5.87. The second-order valence-electron chi connectivity index (χ2n) is 5.87. The van der Waals surface area contributed by atoms with E-state index in [0.717, 1.165) is 25.9 Å². The van der Waals surface area contributed by atoms with Crippen LogP contribution in [0.3, 0.4) is 0 Å². The number of ketones is 1. The van der Waals surface area contributed by atoms with Crippen LogP contribution < -0.4 is 0 Å². The van der Waals surface area contributed by atoms with E-state index in [1.165, 1.54) is 5.56 Å². The molecular weight excluding hydrogens is 266 g/mol. The minimum absolute atomic E-state index is 0.125. The summed E-state index contributed by atoms with van der Waals surface area (Å²) < 4.78 is 11.1. The lowest BCUT2D eigenvalue weighted by Crippen LogP contribution is -2.48. The van der Waals surface area contributed by atoms with Gasteiger partial charge in [0.05, 0.1) is 6.61 Å². The highest BCUT2D eigenvalue weighted by Crippen LogP contribution is 2.21. The number of morpholine rings is 1. The van der Waals surface area contributed by atoms with Gasteiger partial charge in [0.25, 0.3) is 0 Å². The van der Waals surface area contributed by atoms with E-state index < -0.39 is 0 Å². The van der Waals surface area contributed by atoms with Crippen LogP contribution in [0.25, 0.3) is 0 Å². The van der Waals surface area contributed by atoms with Gasteiger partial charge in [-0.05, 0) is 18.4 Å². The van der Waals surface area contributed by atoms with Gasteiger partial charge in [-0.1, -0.05) is 30.3 Å². The standard InChI is InChI=1S/C17H23NO3/c19-17(15-6-9-20-10-7-15)16-13-18(8-11-21-16)12-14-4-2-1-3-5-14/h1-5,15-16H,6-13H2/t16-/m0/s1. The Bertz CT molecular complexity index is 456. The first kappa shape index (κ1) is 14.7. The van der Waals surface area contributed by atoms with E-state index in [1.807, 2.05) is 6.07 Å². The number of nitrogens with zero attached hydrogens (tertiary/aromatic N) is 1. The van der Waals surface area contributed by atoms with Gasteiger partial charge in [-0.3, -0.25) is 9.69 Å². The first-order chi connectivity index (χ1) is 10.3. The Morgan fingerprint density at radius 3 is 2.67 bits per heavy atom. The lowest BCUT2D eigenvalue weighted by atomic mass is 9.91. The third kappa shape index (κ3) is 3.90. The highest BCUT2D eigenvalue weighted by atomic mass is 16.5. The van der Waals surface area contributed by atoms with Crippen LogP contribution >= 0.6 is 0 Å². The van der Waals surface area contributed by atoms with Gasteiger partial charge in [0.15, 0.2) is 5.78 Å². The van der Waals surface area contributed by atoms with Crippen LogP contribution in [0.1, 0.15) is 18.4 Å². The van der Waals surface area contributed by atoms with E-state index in [1.54, 1.807) is 0 Å². The molecule has 21 heavy (non-hydrogen) atoms. The molecule has 0 bridgehead atoms. The van der Waals surface area contributed by atoms with Gasteiger partial charge < -0.3 is 9.47 Å². The Balaban J connectivity index is 1.56. The van der Waals surface area contributed by atoms with E-state index in [0.29, 0.717) is 26.4 Å². The van der Waals surface area contributed by atoms with Crippen LogP contribution in [-0.2, 0) is 20.8 Å². The first-order valence-electron chi connectivity index (χ1n) is 7.82. The highest BCUT2D eigenvalue weighted by molar-refractivity contribution is 5.85. The Hall–Kier alpha value is -1.23. The van der Waals surface area contributed by atoms with Gasteiger partial charge in [-0.2, -0.15) is 0 Å². The Morgan fingerprint density at radius 2 is 1.90 bits per heavy atom. The molecule has 0 aromatic heterocycles. The Morgan fingerprint density at radius 1 is 1.14 bits per heavy atom. The van der Waals surface area contributed by atoms with Crippen molar-refractivity contribution >= 4 is 5.78 Å². The predicted octanol–water partition coefficient (Wildman–Crippen LogP) is 1.88. The topological polar surface area (TPSA) is 38.8 Å². The van der Waals surface area contributed by atoms with E-state index in [-0.39, 0.29) is 17.8 Å². The van der Waals surface area contributed by atoms with Crippen molar-refractivity contribution in [2.24, 2.45) is 5.92 Å². The maximum atomic E-state index is 12.5. The summed E-state index contributed by atoms with van der Waals surface area (Å²) in [4.78, 5) is 14.9. The Labute approximate surface area is 126 Å². The molecule has 0 spiro atoms. The fraction of sp³-hybridized carbons (Fsp3) is 0.588. The van der Waals surface area contributed by atoms with E-state index in [4.69, 9.17) is 9.47 Å². The smallest absolute Gasteiger partial charge is 0.166 e. The summed E-state index contributed by atoms with van der Waals surface area (Å²) in [7, 11) is 0. The lowest BCUT2D eigenvalue weighted by Gasteiger charge is -2.34. The maximum absolute atomic E-state index is 12.5. The van der Waals surface area contributed by atoms with Crippen molar-refractivity contribution in [1.29, 1.82) is 0 Å². The third-order valence-electron chi connectivity index (χ3n) is 4.34. The molecule has 2 heterocycles. The van der Waals surface area contributed by atoms with Crippen LogP contribution in [-0.4, -0.2) is 49.7 Å². The van der Waals surface area contributed by atoms with Crippen molar-refractivity contribution in [3.8, 4) is 0 Å². The number of benzene rings is 1. The fourth-order valence-corrected chi connectivity index (χ4v) is 3.10. The second kappa shape index (κ2) is 7.16. The first-order valence-corrected chi connectivity index (χ1v) is 7.82. The molecule has 0 aliphatic carbocycles. The molecule has 2 aliphatic heterocycles. The average molecular weight is 289 g/mol. The minimum Gasteiger partial charge on any atom is -0.381 e. The van der Waals surface area contributed by atoms with Crippen LogP contribution in [0.2, 0.25) is 0 Å². The molecule has 4 nitrogen and oxygen atoms in total. The van der Waals surface area contributed by atoms with E-state index in [2.05, 4.69) is 29.2 Å². The molecule has 0 unspecified atom stereocenters. The fourth-order valence-electron chi connectivity index (χ4n) is 3.10. The summed E-state index contributed by atoms with van der Waals surface area (Å²) in [6, 6.07) is 10.4.